The van der Waals surface area contributed by atoms with Gasteiger partial charge in [-0.15, -0.1) is 0 Å². The summed E-state index contributed by atoms with van der Waals surface area (Å²) in [4.78, 5) is 25.3. The highest BCUT2D eigenvalue weighted by Gasteiger charge is 2.29. The average molecular weight is 349 g/mol. The Hall–Kier alpha value is -2.42. The molecule has 0 fully saturated rings. The van der Waals surface area contributed by atoms with Crippen molar-refractivity contribution in [3.05, 3.63) is 46.7 Å². The first-order valence-corrected chi connectivity index (χ1v) is 6.89. The summed E-state index contributed by atoms with van der Waals surface area (Å²) in [7, 11) is 0. The number of hydrogen-bond acceptors (Lipinski definition) is 5. The Labute approximate surface area is 135 Å². The van der Waals surface area contributed by atoms with E-state index in [-0.39, 0.29) is 19.2 Å². The van der Waals surface area contributed by atoms with Gasteiger partial charge in [0, 0.05) is 12.7 Å². The van der Waals surface area contributed by atoms with Gasteiger partial charge in [-0.05, 0) is 19.9 Å². The maximum Gasteiger partial charge on any atom is 0.343 e. The van der Waals surface area contributed by atoms with Crippen molar-refractivity contribution in [2.45, 2.75) is 13.8 Å². The lowest BCUT2D eigenvalue weighted by Crippen LogP contribution is -2.24. The Balaban J connectivity index is 3.44. The highest BCUT2D eigenvalue weighted by molar-refractivity contribution is 6.24. The summed E-state index contributed by atoms with van der Waals surface area (Å²) in [6.07, 6.45) is 0.874. The van der Waals surface area contributed by atoms with Crippen molar-refractivity contribution in [3.63, 3.8) is 0 Å². The predicted molar refractivity (Wildman–Crippen MR) is 74.8 cm³/mol. The Kier molecular flexibility index (Phi) is 6.90. The molecule has 0 heterocycles. The normalized spacial score (nSPS) is 11.4. The van der Waals surface area contributed by atoms with Crippen LogP contribution in [0.2, 0.25) is 0 Å². The van der Waals surface area contributed by atoms with Crippen LogP contribution in [-0.2, 0) is 9.53 Å². The van der Waals surface area contributed by atoms with Gasteiger partial charge in [0.25, 0.3) is 0 Å². The molecule has 24 heavy (non-hydrogen) atoms. The molecule has 1 aromatic rings. The number of aliphatic hydroxyl groups excluding tert-OH is 1. The van der Waals surface area contributed by atoms with Crippen LogP contribution in [0.4, 0.5) is 17.6 Å². The van der Waals surface area contributed by atoms with Crippen LogP contribution in [0.25, 0.3) is 0 Å². The second-order valence-corrected chi connectivity index (χ2v) is 4.49. The molecule has 0 aromatic heterocycles. The molecule has 0 saturated heterocycles. The third-order valence-electron chi connectivity index (χ3n) is 2.99. The molecule has 132 valence electrons. The van der Waals surface area contributed by atoms with Gasteiger partial charge in [0.05, 0.1) is 12.2 Å². The Morgan fingerprint density at radius 3 is 2.29 bits per heavy atom. The van der Waals surface area contributed by atoms with Gasteiger partial charge in [-0.25, -0.2) is 22.4 Å². The number of carbonyl (C=O) groups excluding carboxylic acids is 2. The van der Waals surface area contributed by atoms with Crippen LogP contribution >= 0.6 is 0 Å². The number of benzene rings is 1. The Morgan fingerprint density at radius 2 is 1.79 bits per heavy atom. The summed E-state index contributed by atoms with van der Waals surface area (Å²) in [5, 5.41) is 9.09. The van der Waals surface area contributed by atoms with Gasteiger partial charge in [0.2, 0.25) is 5.78 Å². The van der Waals surface area contributed by atoms with Crippen LogP contribution < -0.4 is 0 Å². The molecule has 1 rings (SSSR count). The van der Waals surface area contributed by atoms with E-state index in [2.05, 4.69) is 4.74 Å². The van der Waals surface area contributed by atoms with Gasteiger partial charge in [-0.1, -0.05) is 0 Å². The molecule has 0 aliphatic heterocycles. The van der Waals surface area contributed by atoms with E-state index in [0.717, 1.165) is 11.1 Å². The number of carbonyl (C=O) groups is 2. The van der Waals surface area contributed by atoms with E-state index in [1.165, 1.54) is 6.92 Å². The molecule has 0 bridgehead atoms. The third kappa shape index (κ3) is 4.10. The van der Waals surface area contributed by atoms with Crippen LogP contribution in [0.3, 0.4) is 0 Å². The fourth-order valence-corrected chi connectivity index (χ4v) is 1.71. The SMILES string of the molecule is CCOC(=O)C(=CN(CC)CO)C(=O)c1cc(F)c(F)c(F)c1F. The smallest absolute Gasteiger partial charge is 0.343 e. The molecule has 9 heteroatoms. The number of ether oxygens (including phenoxy) is 1. The summed E-state index contributed by atoms with van der Waals surface area (Å²) < 4.78 is 57.9. The molecular formula is C15H15F4NO4. The number of nitrogens with zero attached hydrogens (tertiary/aromatic N) is 1. The van der Waals surface area contributed by atoms with Crippen molar-refractivity contribution < 1.29 is 37.0 Å². The molecule has 0 aliphatic rings. The zero-order valence-electron chi connectivity index (χ0n) is 12.9. The zero-order valence-corrected chi connectivity index (χ0v) is 12.9. The van der Waals surface area contributed by atoms with Gasteiger partial charge in [0.1, 0.15) is 12.3 Å². The maximum absolute atomic E-state index is 13.8. The van der Waals surface area contributed by atoms with Crippen LogP contribution in [0.1, 0.15) is 24.2 Å². The van der Waals surface area contributed by atoms with Crippen molar-refractivity contribution >= 4 is 11.8 Å². The van der Waals surface area contributed by atoms with Gasteiger partial charge in [-0.2, -0.15) is 0 Å². The van der Waals surface area contributed by atoms with E-state index in [9.17, 15) is 27.2 Å². The monoisotopic (exact) mass is 349 g/mol. The lowest BCUT2D eigenvalue weighted by molar-refractivity contribution is -0.138. The van der Waals surface area contributed by atoms with Crippen LogP contribution in [0.5, 0.6) is 0 Å². The van der Waals surface area contributed by atoms with Crippen LogP contribution in [-0.4, -0.2) is 41.6 Å². The minimum Gasteiger partial charge on any atom is -0.462 e. The molecule has 5 nitrogen and oxygen atoms in total. The predicted octanol–water partition coefficient (Wildman–Crippen LogP) is 2.14. The van der Waals surface area contributed by atoms with E-state index < -0.39 is 52.9 Å². The number of rotatable bonds is 7. The van der Waals surface area contributed by atoms with E-state index >= 15 is 0 Å². The Bertz CT molecular complexity index is 672. The highest BCUT2D eigenvalue weighted by atomic mass is 19.2. The first-order valence-electron chi connectivity index (χ1n) is 6.89. The lowest BCUT2D eigenvalue weighted by Gasteiger charge is -2.16. The number of Topliss-reactive ketones (excluding diaryl/α,β-unsaturated/α-hetero) is 1. The summed E-state index contributed by atoms with van der Waals surface area (Å²) in [6.45, 7) is 2.49. The molecule has 0 spiro atoms. The van der Waals surface area contributed by atoms with Gasteiger partial charge in [-0.3, -0.25) is 4.79 Å². The first-order chi connectivity index (χ1) is 11.3. The van der Waals surface area contributed by atoms with E-state index in [1.807, 2.05) is 0 Å². The minimum atomic E-state index is -2.17. The lowest BCUT2D eigenvalue weighted by atomic mass is 10.0. The van der Waals surface area contributed by atoms with E-state index in [4.69, 9.17) is 5.11 Å². The van der Waals surface area contributed by atoms with E-state index in [1.54, 1.807) is 6.92 Å². The van der Waals surface area contributed by atoms with Crippen molar-refractivity contribution in [2.24, 2.45) is 0 Å². The summed E-state index contributed by atoms with van der Waals surface area (Å²) in [6, 6.07) is 0.151. The molecule has 1 aromatic carbocycles. The number of aliphatic hydroxyl groups is 1. The van der Waals surface area contributed by atoms with Crippen LogP contribution in [0, 0.1) is 23.3 Å². The molecule has 0 saturated carbocycles. The Morgan fingerprint density at radius 1 is 1.17 bits per heavy atom. The first kappa shape index (κ1) is 19.6. The molecule has 1 N–H and O–H groups in total. The van der Waals surface area contributed by atoms with E-state index in [0.29, 0.717) is 0 Å². The number of halogens is 4. The second-order valence-electron chi connectivity index (χ2n) is 4.49. The molecule has 0 atom stereocenters. The molecule has 0 unspecified atom stereocenters. The van der Waals surface area contributed by atoms with Gasteiger partial charge in [0.15, 0.2) is 23.3 Å². The number of hydrogen-bond donors (Lipinski definition) is 1. The maximum atomic E-state index is 13.8. The molecule has 0 amide bonds. The third-order valence-corrected chi connectivity index (χ3v) is 2.99. The number of esters is 1. The van der Waals surface area contributed by atoms with Crippen LogP contribution in [0.15, 0.2) is 17.8 Å². The van der Waals surface area contributed by atoms with Gasteiger partial charge >= 0.3 is 5.97 Å². The largest absolute Gasteiger partial charge is 0.462 e. The summed E-state index contributed by atoms with van der Waals surface area (Å²) in [5.74, 6) is -10.5. The second kappa shape index (κ2) is 8.44. The minimum absolute atomic E-state index is 0.122. The average Bonchev–Trinajstić information content (AvgIpc) is 2.57. The number of ketones is 1. The quantitative estimate of drug-likeness (QED) is 0.0940. The van der Waals surface area contributed by atoms with Crippen molar-refractivity contribution in [3.8, 4) is 0 Å². The molecular weight excluding hydrogens is 334 g/mol. The van der Waals surface area contributed by atoms with Gasteiger partial charge < -0.3 is 14.7 Å². The van der Waals surface area contributed by atoms with Crippen molar-refractivity contribution in [1.29, 1.82) is 0 Å². The highest BCUT2D eigenvalue weighted by Crippen LogP contribution is 2.22. The van der Waals surface area contributed by atoms with Crippen molar-refractivity contribution in [2.75, 3.05) is 19.9 Å². The molecule has 0 aliphatic carbocycles. The molecule has 0 radical (unpaired) electrons. The summed E-state index contributed by atoms with van der Waals surface area (Å²) >= 11 is 0. The fraction of sp³-hybridized carbons (Fsp3) is 0.333. The zero-order chi connectivity index (χ0) is 18.4. The van der Waals surface area contributed by atoms with Crippen molar-refractivity contribution in [1.82, 2.24) is 4.90 Å². The topological polar surface area (TPSA) is 66.8 Å². The summed E-state index contributed by atoms with van der Waals surface area (Å²) in [5.41, 5.74) is -1.93. The standard InChI is InChI=1S/C15H15F4NO4/c1-3-20(7-21)6-9(15(23)24-4-2)14(22)8-5-10(16)12(18)13(19)11(8)17/h5-6,21H,3-4,7H2,1-2H3. The fourth-order valence-electron chi connectivity index (χ4n) is 1.71.